The summed E-state index contributed by atoms with van der Waals surface area (Å²) in [4.78, 5) is 31.2. The van der Waals surface area contributed by atoms with Gasteiger partial charge in [0.2, 0.25) is 5.91 Å². The highest BCUT2D eigenvalue weighted by Crippen LogP contribution is 2.31. The van der Waals surface area contributed by atoms with Crippen molar-refractivity contribution in [2.45, 2.75) is 65.2 Å². The van der Waals surface area contributed by atoms with Gasteiger partial charge < -0.3 is 14.4 Å². The number of fused-ring (bicyclic) bond motifs is 1. The lowest BCUT2D eigenvalue weighted by Gasteiger charge is -2.28. The lowest BCUT2D eigenvalue weighted by molar-refractivity contribution is -0.137. The van der Waals surface area contributed by atoms with Gasteiger partial charge in [-0.25, -0.2) is 8.78 Å². The minimum atomic E-state index is -4.40. The summed E-state index contributed by atoms with van der Waals surface area (Å²) in [5.74, 6) is -1.97. The lowest BCUT2D eigenvalue weighted by atomic mass is 10.0. The van der Waals surface area contributed by atoms with Gasteiger partial charge >= 0.3 is 6.18 Å². The third-order valence-corrected chi connectivity index (χ3v) is 9.24. The maximum atomic E-state index is 14.5. The summed E-state index contributed by atoms with van der Waals surface area (Å²) in [5.41, 5.74) is 3.84. The summed E-state index contributed by atoms with van der Waals surface area (Å²) >= 11 is 0. The number of aromatic nitrogens is 1. The first-order valence-corrected chi connectivity index (χ1v) is 16.4. The third-order valence-electron chi connectivity index (χ3n) is 9.24. The number of aryl methyl sites for hydroxylation is 2. The lowest BCUT2D eigenvalue weighted by Crippen LogP contribution is -2.40. The monoisotopic (exact) mass is 665 g/mol. The van der Waals surface area contributed by atoms with Crippen LogP contribution in [0.25, 0.3) is 11.1 Å². The standard InChI is InChI=1S/C38H40F5N3O2/c1-3-44(4-2)21-22-45(24-26-11-13-27(14-12-26)28-15-18-30(19-16-28)38(41,42)43)36(48)25-46-31(23-35(47)32-8-6-10-34(32)46)20-17-29-7-5-9-33(39)37(29)40/h5,7,9,11-16,18-19,23H,3-4,6,8,10,17,20-22,24-25H2,1-2H3. The summed E-state index contributed by atoms with van der Waals surface area (Å²) < 4.78 is 69.3. The van der Waals surface area contributed by atoms with Crippen LogP contribution in [0.5, 0.6) is 0 Å². The smallest absolute Gasteiger partial charge is 0.339 e. The highest BCUT2D eigenvalue weighted by Gasteiger charge is 2.30. The number of nitrogens with zero attached hydrogens (tertiary/aromatic N) is 3. The molecule has 4 aromatic rings. The summed E-state index contributed by atoms with van der Waals surface area (Å²) in [6, 6.07) is 18.0. The Kier molecular flexibility index (Phi) is 11.1. The normalized spacial score (nSPS) is 12.8. The molecule has 1 aliphatic carbocycles. The van der Waals surface area contributed by atoms with E-state index in [9.17, 15) is 31.5 Å². The maximum Gasteiger partial charge on any atom is 0.416 e. The Morgan fingerprint density at radius 2 is 1.52 bits per heavy atom. The van der Waals surface area contributed by atoms with E-state index in [4.69, 9.17) is 0 Å². The van der Waals surface area contributed by atoms with Crippen LogP contribution in [-0.4, -0.2) is 46.5 Å². The number of carbonyl (C=O) groups excluding carboxylic acids is 1. The van der Waals surface area contributed by atoms with E-state index in [0.29, 0.717) is 49.3 Å². The van der Waals surface area contributed by atoms with Crippen LogP contribution in [0.4, 0.5) is 22.0 Å². The highest BCUT2D eigenvalue weighted by molar-refractivity contribution is 5.76. The third kappa shape index (κ3) is 8.21. The predicted octanol–water partition coefficient (Wildman–Crippen LogP) is 7.46. The molecule has 0 radical (unpaired) electrons. The molecule has 0 saturated carbocycles. The van der Waals surface area contributed by atoms with E-state index in [1.54, 1.807) is 4.90 Å². The number of rotatable bonds is 13. The predicted molar refractivity (Wildman–Crippen MR) is 177 cm³/mol. The average Bonchev–Trinajstić information content (AvgIpc) is 3.58. The second-order valence-electron chi connectivity index (χ2n) is 12.2. The number of alkyl halides is 3. The fourth-order valence-electron chi connectivity index (χ4n) is 6.39. The number of likely N-dealkylation sites (N-methyl/N-ethyl adjacent to an activating group) is 1. The summed E-state index contributed by atoms with van der Waals surface area (Å²) in [7, 11) is 0. The Morgan fingerprint density at radius 1 is 0.854 bits per heavy atom. The first-order chi connectivity index (χ1) is 23.0. The van der Waals surface area contributed by atoms with Crippen LogP contribution in [0, 0.1) is 11.6 Å². The molecule has 1 amide bonds. The van der Waals surface area contributed by atoms with Gasteiger partial charge in [-0.1, -0.05) is 62.4 Å². The molecule has 1 aliphatic rings. The van der Waals surface area contributed by atoms with Crippen LogP contribution >= 0.6 is 0 Å². The van der Waals surface area contributed by atoms with E-state index in [1.165, 1.54) is 30.3 Å². The van der Waals surface area contributed by atoms with Crippen molar-refractivity contribution >= 4 is 5.91 Å². The van der Waals surface area contributed by atoms with Gasteiger partial charge in [0, 0.05) is 42.7 Å². The van der Waals surface area contributed by atoms with Crippen LogP contribution in [0.1, 0.15) is 53.9 Å². The van der Waals surface area contributed by atoms with E-state index in [1.807, 2.05) is 28.8 Å². The molecule has 254 valence electrons. The first-order valence-electron chi connectivity index (χ1n) is 16.4. The molecule has 10 heteroatoms. The maximum absolute atomic E-state index is 14.5. The molecule has 0 saturated heterocycles. The van der Waals surface area contributed by atoms with Gasteiger partial charge in [-0.05, 0) is 85.6 Å². The Bertz CT molecular complexity index is 1780. The van der Waals surface area contributed by atoms with Crippen LogP contribution in [0.2, 0.25) is 0 Å². The van der Waals surface area contributed by atoms with Crippen molar-refractivity contribution in [3.63, 3.8) is 0 Å². The minimum Gasteiger partial charge on any atom is -0.339 e. The molecule has 0 spiro atoms. The first kappa shape index (κ1) is 35.0. The van der Waals surface area contributed by atoms with E-state index in [0.717, 1.165) is 54.5 Å². The Hall–Kier alpha value is -4.31. The van der Waals surface area contributed by atoms with E-state index < -0.39 is 23.4 Å². The molecule has 5 rings (SSSR count). The number of pyridine rings is 1. The van der Waals surface area contributed by atoms with Gasteiger partial charge in [0.15, 0.2) is 17.1 Å². The zero-order valence-corrected chi connectivity index (χ0v) is 27.3. The van der Waals surface area contributed by atoms with Crippen LogP contribution in [-0.2, 0) is 49.7 Å². The summed E-state index contributed by atoms with van der Waals surface area (Å²) in [6.45, 7) is 7.23. The molecule has 48 heavy (non-hydrogen) atoms. The van der Waals surface area contributed by atoms with Gasteiger partial charge in [-0.2, -0.15) is 13.2 Å². The number of hydrogen-bond acceptors (Lipinski definition) is 3. The summed E-state index contributed by atoms with van der Waals surface area (Å²) in [6.07, 6.45) is -1.87. The molecular formula is C38H40F5N3O2. The fraction of sp³-hybridized carbons (Fsp3) is 0.368. The molecule has 0 N–H and O–H groups in total. The zero-order chi connectivity index (χ0) is 34.4. The Balaban J connectivity index is 1.39. The van der Waals surface area contributed by atoms with Gasteiger partial charge in [-0.15, -0.1) is 0 Å². The number of benzene rings is 3. The molecular weight excluding hydrogens is 625 g/mol. The molecule has 5 nitrogen and oxygen atoms in total. The van der Waals surface area contributed by atoms with Crippen molar-refractivity contribution in [3.05, 3.63) is 128 Å². The number of amides is 1. The van der Waals surface area contributed by atoms with Gasteiger partial charge in [0.1, 0.15) is 6.54 Å². The van der Waals surface area contributed by atoms with E-state index in [-0.39, 0.29) is 36.3 Å². The summed E-state index contributed by atoms with van der Waals surface area (Å²) in [5, 5.41) is 0. The van der Waals surface area contributed by atoms with Crippen LogP contribution < -0.4 is 5.43 Å². The molecule has 1 heterocycles. The van der Waals surface area contributed by atoms with Gasteiger partial charge in [-0.3, -0.25) is 9.59 Å². The van der Waals surface area contributed by atoms with Gasteiger partial charge in [0.05, 0.1) is 5.56 Å². The van der Waals surface area contributed by atoms with Gasteiger partial charge in [0.25, 0.3) is 0 Å². The SMILES string of the molecule is CCN(CC)CCN(Cc1ccc(-c2ccc(C(F)(F)F)cc2)cc1)C(=O)Cn1c(CCc2cccc(F)c2F)cc(=O)c2c1CCC2. The molecule has 0 bridgehead atoms. The number of carbonyl (C=O) groups is 1. The van der Waals surface area contributed by atoms with Crippen molar-refractivity contribution in [1.29, 1.82) is 0 Å². The molecule has 0 fully saturated rings. The van der Waals surface area contributed by atoms with Crippen molar-refractivity contribution in [3.8, 4) is 11.1 Å². The topological polar surface area (TPSA) is 45.5 Å². The Labute approximate surface area is 277 Å². The minimum absolute atomic E-state index is 0.00542. The van der Waals surface area contributed by atoms with Crippen molar-refractivity contribution in [2.24, 2.45) is 0 Å². The Morgan fingerprint density at radius 3 is 2.17 bits per heavy atom. The fourth-order valence-corrected chi connectivity index (χ4v) is 6.39. The number of halogens is 5. The second-order valence-corrected chi connectivity index (χ2v) is 12.2. The quantitative estimate of drug-likeness (QED) is 0.139. The average molecular weight is 666 g/mol. The molecule has 3 aromatic carbocycles. The molecule has 1 aromatic heterocycles. The zero-order valence-electron chi connectivity index (χ0n) is 27.3. The van der Waals surface area contributed by atoms with Crippen molar-refractivity contribution in [1.82, 2.24) is 14.4 Å². The van der Waals surface area contributed by atoms with Crippen LogP contribution in [0.3, 0.4) is 0 Å². The van der Waals surface area contributed by atoms with Crippen molar-refractivity contribution < 1.29 is 26.7 Å². The highest BCUT2D eigenvalue weighted by atomic mass is 19.4. The van der Waals surface area contributed by atoms with E-state index in [2.05, 4.69) is 18.7 Å². The number of hydrogen-bond donors (Lipinski definition) is 0. The molecule has 0 unspecified atom stereocenters. The van der Waals surface area contributed by atoms with E-state index >= 15 is 0 Å². The van der Waals surface area contributed by atoms with Crippen LogP contribution in [0.15, 0.2) is 77.6 Å². The molecule has 0 aliphatic heterocycles. The van der Waals surface area contributed by atoms with Crippen molar-refractivity contribution in [2.75, 3.05) is 26.2 Å². The molecule has 0 atom stereocenters. The largest absolute Gasteiger partial charge is 0.416 e. The second kappa shape index (κ2) is 15.3.